The molecule has 0 saturated carbocycles. The van der Waals surface area contributed by atoms with Gasteiger partial charge in [-0.25, -0.2) is 9.97 Å². The van der Waals surface area contributed by atoms with Crippen LogP contribution in [-0.4, -0.2) is 9.97 Å². The quantitative estimate of drug-likeness (QED) is 0.218. The number of rotatable bonds is 3. The lowest BCUT2D eigenvalue weighted by atomic mass is 10.0. The lowest BCUT2D eigenvalue weighted by Gasteiger charge is -2.35. The van der Waals surface area contributed by atoms with Crippen LogP contribution < -0.4 is 9.80 Å². The van der Waals surface area contributed by atoms with Gasteiger partial charge < -0.3 is 0 Å². The van der Waals surface area contributed by atoms with Crippen LogP contribution >= 0.6 is 23.5 Å². The van der Waals surface area contributed by atoms with Crippen molar-refractivity contribution in [3.8, 4) is 11.1 Å². The van der Waals surface area contributed by atoms with Crippen molar-refractivity contribution in [2.24, 2.45) is 0 Å². The number of aromatic nitrogens is 2. The first-order valence-corrected chi connectivity index (χ1v) is 14.7. The Labute approximate surface area is 241 Å². The summed E-state index contributed by atoms with van der Waals surface area (Å²) in [4.78, 5) is 19.5. The van der Waals surface area contributed by atoms with Crippen molar-refractivity contribution < 1.29 is 0 Å². The van der Waals surface area contributed by atoms with Crippen LogP contribution in [0.25, 0.3) is 11.1 Å². The van der Waals surface area contributed by atoms with Gasteiger partial charge in [0.25, 0.3) is 0 Å². The molecule has 0 bridgehead atoms. The maximum absolute atomic E-state index is 5.02. The molecule has 4 nitrogen and oxygen atoms in total. The van der Waals surface area contributed by atoms with Gasteiger partial charge in [0.05, 0.1) is 22.7 Å². The van der Waals surface area contributed by atoms with Crippen molar-refractivity contribution in [1.82, 2.24) is 9.97 Å². The zero-order valence-corrected chi connectivity index (χ0v) is 22.9. The third-order valence-electron chi connectivity index (χ3n) is 7.15. The van der Waals surface area contributed by atoms with Gasteiger partial charge in [-0.3, -0.25) is 9.80 Å². The molecule has 0 saturated heterocycles. The second kappa shape index (κ2) is 9.59. The minimum Gasteiger partial charge on any atom is -0.292 e. The van der Waals surface area contributed by atoms with E-state index in [-0.39, 0.29) is 0 Å². The average molecular weight is 551 g/mol. The third-order valence-corrected chi connectivity index (χ3v) is 9.41. The van der Waals surface area contributed by atoms with Crippen LogP contribution in [0.4, 0.5) is 34.4 Å². The van der Waals surface area contributed by atoms with Crippen LogP contribution in [0, 0.1) is 0 Å². The summed E-state index contributed by atoms with van der Waals surface area (Å²) in [7, 11) is 0. The molecule has 0 amide bonds. The van der Waals surface area contributed by atoms with Crippen molar-refractivity contribution in [3.63, 3.8) is 0 Å². The van der Waals surface area contributed by atoms with Gasteiger partial charge in [-0.2, -0.15) is 0 Å². The van der Waals surface area contributed by atoms with Crippen LogP contribution in [0.3, 0.4) is 0 Å². The smallest absolute Gasteiger partial charge is 0.145 e. The topological polar surface area (TPSA) is 32.3 Å². The minimum absolute atomic E-state index is 0.880. The summed E-state index contributed by atoms with van der Waals surface area (Å²) >= 11 is 3.60. The van der Waals surface area contributed by atoms with Crippen molar-refractivity contribution in [3.05, 3.63) is 134 Å². The van der Waals surface area contributed by atoms with E-state index in [1.165, 1.54) is 19.6 Å². The molecule has 4 aromatic carbocycles. The van der Waals surface area contributed by atoms with Crippen LogP contribution in [0.5, 0.6) is 0 Å². The first-order chi connectivity index (χ1) is 19.9. The first-order valence-electron chi connectivity index (χ1n) is 13.1. The van der Waals surface area contributed by atoms with E-state index in [9.17, 15) is 0 Å². The summed E-state index contributed by atoms with van der Waals surface area (Å²) in [6, 6.07) is 42.5. The fraction of sp³-hybridized carbons (Fsp3) is 0. The number of para-hydroxylation sites is 4. The number of fused-ring (bicyclic) bond motifs is 4. The van der Waals surface area contributed by atoms with E-state index in [2.05, 4.69) is 119 Å². The summed E-state index contributed by atoms with van der Waals surface area (Å²) in [5.41, 5.74) is 6.55. The van der Waals surface area contributed by atoms with E-state index >= 15 is 0 Å². The Kier molecular flexibility index (Phi) is 5.60. The van der Waals surface area contributed by atoms with Crippen LogP contribution in [0.2, 0.25) is 0 Å². The standard InChI is InChI=1S/C34H22N4S2/c1-5-17-29-25(13-1)37(26-14-2-6-18-30(26)39-29)33-23(11-9-21-35-33)24-12-10-22-36-34(24)38-27-15-3-7-19-31(27)40-32-20-8-4-16-28(32)38/h1-22H. The molecule has 2 aliphatic rings. The lowest BCUT2D eigenvalue weighted by molar-refractivity contribution is 1.10. The molecule has 0 radical (unpaired) electrons. The highest BCUT2D eigenvalue weighted by Crippen LogP contribution is 2.55. The van der Waals surface area contributed by atoms with Crippen molar-refractivity contribution in [2.45, 2.75) is 19.6 Å². The normalized spacial score (nSPS) is 13.2. The van der Waals surface area contributed by atoms with E-state index in [0.717, 1.165) is 45.5 Å². The molecule has 6 aromatic rings. The molecule has 2 aromatic heterocycles. The number of hydrogen-bond donors (Lipinski definition) is 0. The highest BCUT2D eigenvalue weighted by Gasteiger charge is 2.31. The maximum Gasteiger partial charge on any atom is 0.145 e. The van der Waals surface area contributed by atoms with E-state index in [0.29, 0.717) is 0 Å². The molecular formula is C34H22N4S2. The van der Waals surface area contributed by atoms with Crippen molar-refractivity contribution >= 4 is 57.9 Å². The summed E-state index contributed by atoms with van der Waals surface area (Å²) < 4.78 is 0. The van der Waals surface area contributed by atoms with Crippen LogP contribution in [0.1, 0.15) is 0 Å². The molecule has 0 aliphatic carbocycles. The number of pyridine rings is 2. The molecule has 0 atom stereocenters. The Bertz CT molecular complexity index is 1670. The molecule has 0 spiro atoms. The molecule has 4 heterocycles. The summed E-state index contributed by atoms with van der Waals surface area (Å²) in [6.07, 6.45) is 3.76. The number of anilines is 6. The van der Waals surface area contributed by atoms with Crippen LogP contribution in [0.15, 0.2) is 153 Å². The molecule has 0 N–H and O–H groups in total. The van der Waals surface area contributed by atoms with Crippen molar-refractivity contribution in [1.29, 1.82) is 0 Å². The second-order valence-electron chi connectivity index (χ2n) is 9.49. The number of nitrogens with zero attached hydrogens (tertiary/aromatic N) is 4. The Hall–Kier alpha value is -4.52. The van der Waals surface area contributed by atoms with E-state index < -0.39 is 0 Å². The Morgan fingerprint density at radius 2 is 0.700 bits per heavy atom. The molecule has 0 fully saturated rings. The molecule has 0 unspecified atom stereocenters. The van der Waals surface area contributed by atoms with E-state index in [4.69, 9.17) is 9.97 Å². The number of hydrogen-bond acceptors (Lipinski definition) is 6. The monoisotopic (exact) mass is 550 g/mol. The zero-order chi connectivity index (χ0) is 26.5. The summed E-state index contributed by atoms with van der Waals surface area (Å²) in [5, 5.41) is 0. The minimum atomic E-state index is 0.880. The van der Waals surface area contributed by atoms with Crippen LogP contribution in [-0.2, 0) is 0 Å². The second-order valence-corrected chi connectivity index (χ2v) is 11.7. The SMILES string of the molecule is c1ccc2c(c1)Sc1ccccc1N2c1ncccc1-c1cccnc1N1c2ccccc2Sc2ccccc21. The molecule has 6 heteroatoms. The first kappa shape index (κ1) is 23.4. The average Bonchev–Trinajstić information content (AvgIpc) is 3.02. The fourth-order valence-corrected chi connectivity index (χ4v) is 7.55. The predicted octanol–water partition coefficient (Wildman–Crippen LogP) is 10.0. The molecule has 8 rings (SSSR count). The molecule has 190 valence electrons. The predicted molar refractivity (Wildman–Crippen MR) is 165 cm³/mol. The fourth-order valence-electron chi connectivity index (χ4n) is 5.44. The third kappa shape index (κ3) is 3.72. The van der Waals surface area contributed by atoms with E-state index in [1.807, 2.05) is 24.5 Å². The van der Waals surface area contributed by atoms with Gasteiger partial charge in [-0.05, 0) is 72.8 Å². The maximum atomic E-state index is 5.02. The lowest BCUT2D eigenvalue weighted by Crippen LogP contribution is -2.19. The molecule has 40 heavy (non-hydrogen) atoms. The Balaban J connectivity index is 1.37. The highest BCUT2D eigenvalue weighted by molar-refractivity contribution is 8.00. The summed E-state index contributed by atoms with van der Waals surface area (Å²) in [5.74, 6) is 1.76. The highest BCUT2D eigenvalue weighted by atomic mass is 32.2. The van der Waals surface area contributed by atoms with E-state index in [1.54, 1.807) is 23.5 Å². The van der Waals surface area contributed by atoms with Gasteiger partial charge in [0.15, 0.2) is 0 Å². The van der Waals surface area contributed by atoms with Gasteiger partial charge in [0, 0.05) is 43.1 Å². The van der Waals surface area contributed by atoms with Gasteiger partial charge in [-0.1, -0.05) is 72.1 Å². The largest absolute Gasteiger partial charge is 0.292 e. The Morgan fingerprint density at radius 3 is 1.05 bits per heavy atom. The molecular weight excluding hydrogens is 529 g/mol. The number of benzene rings is 4. The van der Waals surface area contributed by atoms with Gasteiger partial charge in [-0.15, -0.1) is 0 Å². The Morgan fingerprint density at radius 1 is 0.375 bits per heavy atom. The van der Waals surface area contributed by atoms with Gasteiger partial charge in [0.1, 0.15) is 11.6 Å². The van der Waals surface area contributed by atoms with Gasteiger partial charge in [0.2, 0.25) is 0 Å². The summed E-state index contributed by atoms with van der Waals surface area (Å²) in [6.45, 7) is 0. The van der Waals surface area contributed by atoms with Crippen molar-refractivity contribution in [2.75, 3.05) is 9.80 Å². The zero-order valence-electron chi connectivity index (χ0n) is 21.3. The molecule has 2 aliphatic heterocycles. The van der Waals surface area contributed by atoms with Gasteiger partial charge >= 0.3 is 0 Å².